The molecule has 1 aliphatic rings. The predicted octanol–water partition coefficient (Wildman–Crippen LogP) is 2.74. The van der Waals surface area contributed by atoms with E-state index in [1.165, 1.54) is 11.8 Å². The van der Waals surface area contributed by atoms with Crippen LogP contribution in [0.25, 0.3) is 0 Å². The number of halogens is 1. The maximum absolute atomic E-state index is 13.0. The number of hydrogen-bond acceptors (Lipinski definition) is 2. The standard InChI is InChI=1S/C14H13FN2/c15-13-6-12-9-17(10-14(12)16-7-13)8-11-4-2-1-3-5-11/h1-7H,8-10H2. The van der Waals surface area contributed by atoms with E-state index in [-0.39, 0.29) is 5.82 Å². The van der Waals surface area contributed by atoms with Gasteiger partial charge in [0.05, 0.1) is 11.9 Å². The van der Waals surface area contributed by atoms with Crippen LogP contribution in [0.3, 0.4) is 0 Å². The molecule has 0 amide bonds. The highest BCUT2D eigenvalue weighted by atomic mass is 19.1. The largest absolute Gasteiger partial charge is 0.289 e. The van der Waals surface area contributed by atoms with E-state index in [2.05, 4.69) is 22.0 Å². The summed E-state index contributed by atoms with van der Waals surface area (Å²) in [5, 5.41) is 0. The van der Waals surface area contributed by atoms with Gasteiger partial charge < -0.3 is 0 Å². The van der Waals surface area contributed by atoms with Crippen molar-refractivity contribution in [2.45, 2.75) is 19.6 Å². The smallest absolute Gasteiger partial charge is 0.141 e. The highest BCUT2D eigenvalue weighted by Crippen LogP contribution is 2.22. The van der Waals surface area contributed by atoms with Crippen molar-refractivity contribution in [2.24, 2.45) is 0 Å². The van der Waals surface area contributed by atoms with Crippen LogP contribution in [0.1, 0.15) is 16.8 Å². The summed E-state index contributed by atoms with van der Waals surface area (Å²) in [6.07, 6.45) is 1.30. The number of fused-ring (bicyclic) bond motifs is 1. The summed E-state index contributed by atoms with van der Waals surface area (Å²) in [6.45, 7) is 2.48. The van der Waals surface area contributed by atoms with Crippen LogP contribution in [0, 0.1) is 5.82 Å². The molecule has 1 aromatic carbocycles. The summed E-state index contributed by atoms with van der Waals surface area (Å²) in [6, 6.07) is 11.9. The second kappa shape index (κ2) is 4.26. The van der Waals surface area contributed by atoms with Crippen molar-refractivity contribution in [1.82, 2.24) is 9.88 Å². The molecule has 0 spiro atoms. The van der Waals surface area contributed by atoms with Gasteiger partial charge in [0.15, 0.2) is 0 Å². The van der Waals surface area contributed by atoms with E-state index in [1.54, 1.807) is 6.07 Å². The summed E-state index contributed by atoms with van der Waals surface area (Å²) in [5.41, 5.74) is 3.30. The Labute approximate surface area is 99.7 Å². The highest BCUT2D eigenvalue weighted by molar-refractivity contribution is 5.25. The maximum Gasteiger partial charge on any atom is 0.141 e. The van der Waals surface area contributed by atoms with Gasteiger partial charge in [-0.1, -0.05) is 30.3 Å². The number of nitrogens with zero attached hydrogens (tertiary/aromatic N) is 2. The Hall–Kier alpha value is -1.74. The van der Waals surface area contributed by atoms with Crippen molar-refractivity contribution in [3.63, 3.8) is 0 Å². The SMILES string of the molecule is Fc1cnc2c(c1)CN(Cc1ccccc1)C2. The summed E-state index contributed by atoms with van der Waals surface area (Å²) in [7, 11) is 0. The fourth-order valence-electron chi connectivity index (χ4n) is 2.25. The average molecular weight is 228 g/mol. The molecule has 0 saturated heterocycles. The molecule has 2 aromatic rings. The van der Waals surface area contributed by atoms with Gasteiger partial charge >= 0.3 is 0 Å². The molecule has 0 radical (unpaired) electrons. The third-order valence-corrected chi connectivity index (χ3v) is 3.04. The number of benzene rings is 1. The van der Waals surface area contributed by atoms with E-state index in [0.717, 1.165) is 30.9 Å². The van der Waals surface area contributed by atoms with Gasteiger partial charge in [-0.2, -0.15) is 0 Å². The van der Waals surface area contributed by atoms with Crippen LogP contribution in [0.15, 0.2) is 42.6 Å². The van der Waals surface area contributed by atoms with Crippen LogP contribution in [0.5, 0.6) is 0 Å². The minimum Gasteiger partial charge on any atom is -0.289 e. The Morgan fingerprint density at radius 2 is 2.00 bits per heavy atom. The van der Waals surface area contributed by atoms with E-state index in [4.69, 9.17) is 0 Å². The van der Waals surface area contributed by atoms with Crippen LogP contribution in [-0.2, 0) is 19.6 Å². The number of pyridine rings is 1. The molecule has 0 N–H and O–H groups in total. The fourth-order valence-corrected chi connectivity index (χ4v) is 2.25. The zero-order chi connectivity index (χ0) is 11.7. The minimum atomic E-state index is -0.245. The molecule has 2 heterocycles. The van der Waals surface area contributed by atoms with Crippen molar-refractivity contribution in [3.8, 4) is 0 Å². The molecular weight excluding hydrogens is 215 g/mol. The second-order valence-corrected chi connectivity index (χ2v) is 4.39. The second-order valence-electron chi connectivity index (χ2n) is 4.39. The Morgan fingerprint density at radius 1 is 1.18 bits per heavy atom. The Kier molecular flexibility index (Phi) is 2.61. The molecule has 0 atom stereocenters. The molecular formula is C14H13FN2. The maximum atomic E-state index is 13.0. The molecule has 86 valence electrons. The molecule has 3 rings (SSSR count). The van der Waals surface area contributed by atoms with Crippen LogP contribution >= 0.6 is 0 Å². The van der Waals surface area contributed by atoms with Crippen LogP contribution in [0.4, 0.5) is 4.39 Å². The van der Waals surface area contributed by atoms with Crippen molar-refractivity contribution in [1.29, 1.82) is 0 Å². The molecule has 0 bridgehead atoms. The van der Waals surface area contributed by atoms with Crippen molar-refractivity contribution in [2.75, 3.05) is 0 Å². The van der Waals surface area contributed by atoms with Crippen LogP contribution in [0.2, 0.25) is 0 Å². The quantitative estimate of drug-likeness (QED) is 0.785. The first-order valence-corrected chi connectivity index (χ1v) is 5.71. The molecule has 2 nitrogen and oxygen atoms in total. The molecule has 17 heavy (non-hydrogen) atoms. The van der Waals surface area contributed by atoms with Gasteiger partial charge in [-0.15, -0.1) is 0 Å². The lowest BCUT2D eigenvalue weighted by Crippen LogP contribution is -2.15. The number of rotatable bonds is 2. The normalized spacial score (nSPS) is 14.9. The van der Waals surface area contributed by atoms with E-state index in [1.807, 2.05) is 18.2 Å². The first kappa shape index (κ1) is 10.4. The topological polar surface area (TPSA) is 16.1 Å². The molecule has 0 unspecified atom stereocenters. The van der Waals surface area contributed by atoms with Gasteiger partial charge in [-0.3, -0.25) is 9.88 Å². The molecule has 1 aromatic heterocycles. The zero-order valence-corrected chi connectivity index (χ0v) is 9.44. The highest BCUT2D eigenvalue weighted by Gasteiger charge is 2.20. The Morgan fingerprint density at radius 3 is 2.82 bits per heavy atom. The Balaban J connectivity index is 1.74. The first-order valence-electron chi connectivity index (χ1n) is 5.71. The van der Waals surface area contributed by atoms with Crippen molar-refractivity contribution < 1.29 is 4.39 Å². The minimum absolute atomic E-state index is 0.245. The lowest BCUT2D eigenvalue weighted by molar-refractivity contribution is 0.274. The molecule has 0 saturated carbocycles. The fraction of sp³-hybridized carbons (Fsp3) is 0.214. The van der Waals surface area contributed by atoms with E-state index >= 15 is 0 Å². The van der Waals surface area contributed by atoms with Crippen molar-refractivity contribution in [3.05, 3.63) is 65.2 Å². The van der Waals surface area contributed by atoms with Crippen molar-refractivity contribution >= 4 is 0 Å². The third-order valence-electron chi connectivity index (χ3n) is 3.04. The van der Waals surface area contributed by atoms with Gasteiger partial charge in [0.1, 0.15) is 5.82 Å². The Bertz CT molecular complexity index is 525. The van der Waals surface area contributed by atoms with Gasteiger partial charge in [0.25, 0.3) is 0 Å². The monoisotopic (exact) mass is 228 g/mol. The molecule has 0 fully saturated rings. The van der Waals surface area contributed by atoms with Gasteiger partial charge in [0.2, 0.25) is 0 Å². The van der Waals surface area contributed by atoms with Crippen LogP contribution in [-0.4, -0.2) is 9.88 Å². The predicted molar refractivity (Wildman–Crippen MR) is 63.6 cm³/mol. The molecule has 3 heteroatoms. The van der Waals surface area contributed by atoms with Gasteiger partial charge in [0, 0.05) is 19.6 Å². The number of hydrogen-bond donors (Lipinski definition) is 0. The molecule has 1 aliphatic heterocycles. The van der Waals surface area contributed by atoms with Gasteiger partial charge in [-0.05, 0) is 17.2 Å². The average Bonchev–Trinajstić information content (AvgIpc) is 2.71. The van der Waals surface area contributed by atoms with E-state index in [0.29, 0.717) is 0 Å². The summed E-state index contributed by atoms with van der Waals surface area (Å²) in [5.74, 6) is -0.245. The van der Waals surface area contributed by atoms with E-state index < -0.39 is 0 Å². The zero-order valence-electron chi connectivity index (χ0n) is 9.44. The summed E-state index contributed by atoms with van der Waals surface area (Å²) < 4.78 is 13.0. The summed E-state index contributed by atoms with van der Waals surface area (Å²) in [4.78, 5) is 6.40. The number of aromatic nitrogens is 1. The van der Waals surface area contributed by atoms with E-state index in [9.17, 15) is 4.39 Å². The third kappa shape index (κ3) is 2.19. The lowest BCUT2D eigenvalue weighted by Gasteiger charge is -2.13. The van der Waals surface area contributed by atoms with Gasteiger partial charge in [-0.25, -0.2) is 4.39 Å². The summed E-state index contributed by atoms with van der Waals surface area (Å²) >= 11 is 0. The molecule has 0 aliphatic carbocycles. The lowest BCUT2D eigenvalue weighted by atomic mass is 10.2. The van der Waals surface area contributed by atoms with Crippen LogP contribution < -0.4 is 0 Å². The first-order chi connectivity index (χ1) is 8.31.